The number of ether oxygens (including phenoxy) is 1. The van der Waals surface area contributed by atoms with Gasteiger partial charge in [0.05, 0.1) is 4.47 Å². The molecule has 0 spiro atoms. The molecule has 124 valence electrons. The van der Waals surface area contributed by atoms with Crippen LogP contribution in [0.25, 0.3) is 0 Å². The topological polar surface area (TPSA) is 70.2 Å². The van der Waals surface area contributed by atoms with E-state index in [4.69, 9.17) is 4.74 Å². The second-order valence-corrected chi connectivity index (χ2v) is 6.28. The molecule has 0 fully saturated rings. The molecule has 0 bridgehead atoms. The second-order valence-electron chi connectivity index (χ2n) is 5.49. The van der Waals surface area contributed by atoms with Crippen LogP contribution in [0.3, 0.4) is 0 Å². The normalized spacial score (nSPS) is 10.8. The number of carbonyl (C=O) groups excluding carboxylic acids is 1. The molecule has 0 aliphatic rings. The molecule has 1 aromatic heterocycles. The zero-order chi connectivity index (χ0) is 16.8. The van der Waals surface area contributed by atoms with Crippen LogP contribution in [-0.4, -0.2) is 48.3 Å². The molecule has 2 N–H and O–H groups in total. The SMILES string of the molecule is Cc1[nH]nc(C(=O)NCc2ccc(OCCN(C)C)cc2)c1Br. The van der Waals surface area contributed by atoms with Gasteiger partial charge in [0.15, 0.2) is 5.69 Å². The van der Waals surface area contributed by atoms with E-state index in [1.54, 1.807) is 0 Å². The molecule has 2 aromatic rings. The van der Waals surface area contributed by atoms with Gasteiger partial charge in [0, 0.05) is 18.8 Å². The number of H-pyrrole nitrogens is 1. The van der Waals surface area contributed by atoms with Crippen LogP contribution in [0.1, 0.15) is 21.7 Å². The van der Waals surface area contributed by atoms with Gasteiger partial charge in [-0.25, -0.2) is 0 Å². The van der Waals surface area contributed by atoms with Crippen molar-refractivity contribution in [3.8, 4) is 5.75 Å². The number of carbonyl (C=O) groups is 1. The molecule has 0 saturated carbocycles. The Kier molecular flexibility index (Phi) is 6.18. The lowest BCUT2D eigenvalue weighted by atomic mass is 10.2. The van der Waals surface area contributed by atoms with Crippen LogP contribution in [0.4, 0.5) is 0 Å². The van der Waals surface area contributed by atoms with Crippen LogP contribution in [0.5, 0.6) is 5.75 Å². The highest BCUT2D eigenvalue weighted by Crippen LogP contribution is 2.18. The highest BCUT2D eigenvalue weighted by atomic mass is 79.9. The van der Waals surface area contributed by atoms with Crippen LogP contribution in [0, 0.1) is 6.92 Å². The van der Waals surface area contributed by atoms with Gasteiger partial charge in [0.1, 0.15) is 12.4 Å². The fourth-order valence-corrected chi connectivity index (χ4v) is 2.24. The molecule has 1 heterocycles. The molecule has 7 heteroatoms. The van der Waals surface area contributed by atoms with Gasteiger partial charge < -0.3 is 15.0 Å². The quantitative estimate of drug-likeness (QED) is 0.773. The first-order valence-corrected chi connectivity index (χ1v) is 8.12. The molecule has 6 nitrogen and oxygen atoms in total. The van der Waals surface area contributed by atoms with Gasteiger partial charge in [0.25, 0.3) is 5.91 Å². The smallest absolute Gasteiger partial charge is 0.273 e. The van der Waals surface area contributed by atoms with Crippen molar-refractivity contribution in [3.63, 3.8) is 0 Å². The molecule has 0 aliphatic carbocycles. The maximum absolute atomic E-state index is 12.1. The molecular formula is C16H21BrN4O2. The fraction of sp³-hybridized carbons (Fsp3) is 0.375. The van der Waals surface area contributed by atoms with Crippen LogP contribution in [0.15, 0.2) is 28.7 Å². The summed E-state index contributed by atoms with van der Waals surface area (Å²) >= 11 is 3.35. The molecule has 0 radical (unpaired) electrons. The van der Waals surface area contributed by atoms with E-state index in [1.807, 2.05) is 45.3 Å². The number of rotatable bonds is 7. The van der Waals surface area contributed by atoms with Gasteiger partial charge in [-0.3, -0.25) is 9.89 Å². The van der Waals surface area contributed by atoms with Crippen molar-refractivity contribution in [1.82, 2.24) is 20.4 Å². The lowest BCUT2D eigenvalue weighted by Crippen LogP contribution is -2.23. The first kappa shape index (κ1) is 17.5. The van der Waals surface area contributed by atoms with Crippen molar-refractivity contribution < 1.29 is 9.53 Å². The number of hydrogen-bond donors (Lipinski definition) is 2. The summed E-state index contributed by atoms with van der Waals surface area (Å²) < 4.78 is 6.33. The highest BCUT2D eigenvalue weighted by molar-refractivity contribution is 9.10. The van der Waals surface area contributed by atoms with Gasteiger partial charge in [0.2, 0.25) is 0 Å². The van der Waals surface area contributed by atoms with E-state index < -0.39 is 0 Å². The molecule has 1 amide bonds. The van der Waals surface area contributed by atoms with Gasteiger partial charge in [-0.2, -0.15) is 5.10 Å². The molecule has 23 heavy (non-hydrogen) atoms. The number of likely N-dealkylation sites (N-methyl/N-ethyl adjacent to an activating group) is 1. The Morgan fingerprint density at radius 1 is 1.35 bits per heavy atom. The highest BCUT2D eigenvalue weighted by Gasteiger charge is 2.15. The Labute approximate surface area is 144 Å². The minimum atomic E-state index is -0.215. The number of halogens is 1. The average molecular weight is 381 g/mol. The van der Waals surface area contributed by atoms with Crippen molar-refractivity contribution >= 4 is 21.8 Å². The Morgan fingerprint density at radius 2 is 2.04 bits per heavy atom. The summed E-state index contributed by atoms with van der Waals surface area (Å²) in [6.07, 6.45) is 0. The minimum Gasteiger partial charge on any atom is -0.492 e. The third kappa shape index (κ3) is 5.07. The van der Waals surface area contributed by atoms with Crippen LogP contribution in [-0.2, 0) is 6.54 Å². The summed E-state index contributed by atoms with van der Waals surface area (Å²) in [6, 6.07) is 7.70. The maximum atomic E-state index is 12.1. The number of nitrogens with zero attached hydrogens (tertiary/aromatic N) is 2. The van der Waals surface area contributed by atoms with Gasteiger partial charge in [-0.15, -0.1) is 0 Å². The number of aromatic amines is 1. The molecular weight excluding hydrogens is 360 g/mol. The van der Waals surface area contributed by atoms with Crippen molar-refractivity contribution in [2.45, 2.75) is 13.5 Å². The second kappa shape index (κ2) is 8.12. The number of nitrogens with one attached hydrogen (secondary N) is 2. The Bertz CT molecular complexity index is 653. The molecule has 0 atom stereocenters. The van der Waals surface area contributed by atoms with Crippen LogP contribution < -0.4 is 10.1 Å². The fourth-order valence-electron chi connectivity index (χ4n) is 1.88. The van der Waals surface area contributed by atoms with E-state index in [2.05, 4.69) is 36.3 Å². The summed E-state index contributed by atoms with van der Waals surface area (Å²) in [7, 11) is 4.02. The summed E-state index contributed by atoms with van der Waals surface area (Å²) in [5, 5.41) is 9.60. The third-order valence-corrected chi connectivity index (χ3v) is 4.24. The zero-order valence-corrected chi connectivity index (χ0v) is 15.1. The van der Waals surface area contributed by atoms with E-state index in [-0.39, 0.29) is 5.91 Å². The zero-order valence-electron chi connectivity index (χ0n) is 13.5. The summed E-state index contributed by atoms with van der Waals surface area (Å²) in [6.45, 7) is 3.81. The summed E-state index contributed by atoms with van der Waals surface area (Å²) in [5.74, 6) is 0.611. The number of aromatic nitrogens is 2. The molecule has 0 aliphatic heterocycles. The van der Waals surface area contributed by atoms with Crippen LogP contribution >= 0.6 is 15.9 Å². The predicted molar refractivity (Wildman–Crippen MR) is 92.7 cm³/mol. The lowest BCUT2D eigenvalue weighted by Gasteiger charge is -2.11. The molecule has 0 saturated heterocycles. The van der Waals surface area contributed by atoms with Crippen molar-refractivity contribution in [3.05, 3.63) is 45.7 Å². The standard InChI is InChI=1S/C16H21BrN4O2/c1-11-14(17)15(20-19-11)16(22)18-10-12-4-6-13(7-5-12)23-9-8-21(2)3/h4-7H,8-10H2,1-3H3,(H,18,22)(H,19,20). The Balaban J connectivity index is 1.84. The monoisotopic (exact) mass is 380 g/mol. The van der Waals surface area contributed by atoms with E-state index >= 15 is 0 Å². The predicted octanol–water partition coefficient (Wildman–Crippen LogP) is 2.35. The van der Waals surface area contributed by atoms with Gasteiger partial charge in [-0.05, 0) is 54.6 Å². The number of hydrogen-bond acceptors (Lipinski definition) is 4. The molecule has 1 aromatic carbocycles. The third-order valence-electron chi connectivity index (χ3n) is 3.27. The van der Waals surface area contributed by atoms with Gasteiger partial charge >= 0.3 is 0 Å². The van der Waals surface area contributed by atoms with Crippen LogP contribution in [0.2, 0.25) is 0 Å². The number of benzene rings is 1. The summed E-state index contributed by atoms with van der Waals surface area (Å²) in [5.41, 5.74) is 2.20. The number of aryl methyl sites for hydroxylation is 1. The maximum Gasteiger partial charge on any atom is 0.273 e. The molecule has 0 unspecified atom stereocenters. The Hall–Kier alpha value is -1.86. The van der Waals surface area contributed by atoms with E-state index in [0.29, 0.717) is 23.3 Å². The van der Waals surface area contributed by atoms with E-state index in [0.717, 1.165) is 23.6 Å². The van der Waals surface area contributed by atoms with E-state index in [9.17, 15) is 4.79 Å². The largest absolute Gasteiger partial charge is 0.492 e. The first-order chi connectivity index (χ1) is 11.0. The van der Waals surface area contributed by atoms with Crippen molar-refractivity contribution in [1.29, 1.82) is 0 Å². The lowest BCUT2D eigenvalue weighted by molar-refractivity contribution is 0.0945. The number of amides is 1. The van der Waals surface area contributed by atoms with Gasteiger partial charge in [-0.1, -0.05) is 12.1 Å². The first-order valence-electron chi connectivity index (χ1n) is 7.32. The summed E-state index contributed by atoms with van der Waals surface area (Å²) in [4.78, 5) is 14.1. The Morgan fingerprint density at radius 3 is 2.61 bits per heavy atom. The molecule has 2 rings (SSSR count). The van der Waals surface area contributed by atoms with E-state index in [1.165, 1.54) is 0 Å². The minimum absolute atomic E-state index is 0.215. The van der Waals surface area contributed by atoms with Crippen molar-refractivity contribution in [2.75, 3.05) is 27.2 Å². The van der Waals surface area contributed by atoms with Crippen molar-refractivity contribution in [2.24, 2.45) is 0 Å². The average Bonchev–Trinajstić information content (AvgIpc) is 2.85.